The molecule has 206 valence electrons. The molecule has 2 aliphatic rings. The van der Waals surface area contributed by atoms with Crippen LogP contribution in [-0.4, -0.2) is 34.1 Å². The number of carbonyl (C=O) groups is 4. The van der Waals surface area contributed by atoms with Crippen LogP contribution in [0.1, 0.15) is 114 Å². The first-order valence-corrected chi connectivity index (χ1v) is 14.2. The van der Waals surface area contributed by atoms with Gasteiger partial charge in [-0.25, -0.2) is 4.90 Å². The zero-order chi connectivity index (χ0) is 29.0. The van der Waals surface area contributed by atoms with Gasteiger partial charge in [-0.15, -0.1) is 0 Å². The van der Waals surface area contributed by atoms with E-state index in [1.807, 2.05) is 45.0 Å². The lowest BCUT2D eigenvalue weighted by Gasteiger charge is -2.35. The van der Waals surface area contributed by atoms with E-state index < -0.39 is 5.54 Å². The number of nitrogens with zero attached hydrogens (tertiary/aromatic N) is 2. The number of hydrogen-bond donors (Lipinski definition) is 0. The standard InChI is InChI=1S/C34H36N2O4/c1-7-33(5,8-2)23-13-15-24(16-14-23)35-29(37)25-17-11-21(19-27(25)30(35)38)22-12-18-26-28(20-22)32(40)36(31(26)39)34(6,9-3)10-4/h11-20H,7-10H2,1-6H3. The summed E-state index contributed by atoms with van der Waals surface area (Å²) in [6, 6.07) is 18.1. The molecular formula is C34H36N2O4. The lowest BCUT2D eigenvalue weighted by Crippen LogP contribution is -2.48. The van der Waals surface area contributed by atoms with Crippen LogP contribution in [0.2, 0.25) is 0 Å². The predicted octanol–water partition coefficient (Wildman–Crippen LogP) is 7.41. The first kappa shape index (κ1) is 27.5. The van der Waals surface area contributed by atoms with Crippen molar-refractivity contribution >= 4 is 29.3 Å². The SMILES string of the molecule is CCC(C)(CC)c1ccc(N2C(=O)c3ccc(-c4ccc5c(c4)C(=O)N(C(C)(CC)CC)C5=O)cc3C2=O)cc1. The zero-order valence-electron chi connectivity index (χ0n) is 24.1. The molecule has 0 radical (unpaired) electrons. The van der Waals surface area contributed by atoms with Crippen LogP contribution in [0.3, 0.4) is 0 Å². The van der Waals surface area contributed by atoms with Gasteiger partial charge in [-0.2, -0.15) is 0 Å². The van der Waals surface area contributed by atoms with Crippen molar-refractivity contribution in [3.05, 3.63) is 88.5 Å². The number of rotatable bonds is 8. The molecule has 6 nitrogen and oxygen atoms in total. The van der Waals surface area contributed by atoms with Crippen molar-refractivity contribution < 1.29 is 19.2 Å². The van der Waals surface area contributed by atoms with E-state index in [1.54, 1.807) is 36.4 Å². The summed E-state index contributed by atoms with van der Waals surface area (Å²) < 4.78 is 0. The van der Waals surface area contributed by atoms with E-state index in [2.05, 4.69) is 20.8 Å². The Labute approximate surface area is 236 Å². The second-order valence-corrected chi connectivity index (χ2v) is 11.4. The van der Waals surface area contributed by atoms with E-state index in [9.17, 15) is 19.2 Å². The summed E-state index contributed by atoms with van der Waals surface area (Å²) >= 11 is 0. The number of benzene rings is 3. The Morgan fingerprint density at radius 3 is 1.50 bits per heavy atom. The van der Waals surface area contributed by atoms with E-state index in [-0.39, 0.29) is 29.0 Å². The van der Waals surface area contributed by atoms with Crippen molar-refractivity contribution in [3.63, 3.8) is 0 Å². The summed E-state index contributed by atoms with van der Waals surface area (Å²) in [5, 5.41) is 0. The molecule has 3 aromatic carbocycles. The smallest absolute Gasteiger partial charge is 0.266 e. The van der Waals surface area contributed by atoms with Gasteiger partial charge in [0.25, 0.3) is 23.6 Å². The largest absolute Gasteiger partial charge is 0.269 e. The monoisotopic (exact) mass is 536 g/mol. The molecule has 5 rings (SSSR count). The van der Waals surface area contributed by atoms with Gasteiger partial charge in [-0.1, -0.05) is 58.9 Å². The molecule has 0 N–H and O–H groups in total. The number of anilines is 1. The zero-order valence-corrected chi connectivity index (χ0v) is 24.1. The van der Waals surface area contributed by atoms with Gasteiger partial charge in [0.05, 0.1) is 27.9 Å². The number of fused-ring (bicyclic) bond motifs is 2. The Bertz CT molecular complexity index is 1540. The maximum Gasteiger partial charge on any atom is 0.266 e. The Morgan fingerprint density at radius 1 is 0.550 bits per heavy atom. The maximum atomic E-state index is 13.5. The number of amides is 4. The number of carbonyl (C=O) groups excluding carboxylic acids is 4. The summed E-state index contributed by atoms with van der Waals surface area (Å²) in [6.07, 6.45) is 3.32. The fourth-order valence-electron chi connectivity index (χ4n) is 5.80. The molecule has 4 amide bonds. The molecule has 0 unspecified atom stereocenters. The summed E-state index contributed by atoms with van der Waals surface area (Å²) in [5.41, 5.74) is 4.07. The fraction of sp³-hybridized carbons (Fsp3) is 0.353. The Kier molecular flexibility index (Phi) is 6.77. The maximum absolute atomic E-state index is 13.5. The Morgan fingerprint density at radius 2 is 1.00 bits per heavy atom. The molecule has 0 atom stereocenters. The predicted molar refractivity (Wildman–Crippen MR) is 157 cm³/mol. The first-order valence-electron chi connectivity index (χ1n) is 14.2. The van der Waals surface area contributed by atoms with Gasteiger partial charge in [0.15, 0.2) is 0 Å². The van der Waals surface area contributed by atoms with Crippen molar-refractivity contribution in [2.45, 2.75) is 78.2 Å². The minimum Gasteiger partial charge on any atom is -0.269 e. The summed E-state index contributed by atoms with van der Waals surface area (Å²) in [7, 11) is 0. The minimum absolute atomic E-state index is 0.0417. The van der Waals surface area contributed by atoms with Gasteiger partial charge in [-0.05, 0) is 91.1 Å². The van der Waals surface area contributed by atoms with Crippen molar-refractivity contribution in [2.24, 2.45) is 0 Å². The fourth-order valence-corrected chi connectivity index (χ4v) is 5.80. The topological polar surface area (TPSA) is 74.8 Å². The lowest BCUT2D eigenvalue weighted by atomic mass is 9.78. The average Bonchev–Trinajstić information content (AvgIpc) is 3.39. The van der Waals surface area contributed by atoms with Crippen LogP contribution < -0.4 is 4.90 Å². The molecule has 3 aromatic rings. The van der Waals surface area contributed by atoms with Gasteiger partial charge in [0.2, 0.25) is 0 Å². The van der Waals surface area contributed by atoms with Crippen LogP contribution in [0.5, 0.6) is 0 Å². The molecule has 0 saturated heterocycles. The highest BCUT2D eigenvalue weighted by Crippen LogP contribution is 2.38. The van der Waals surface area contributed by atoms with E-state index >= 15 is 0 Å². The molecule has 0 bridgehead atoms. The molecule has 0 aliphatic carbocycles. The third-order valence-electron chi connectivity index (χ3n) is 9.55. The normalized spacial score (nSPS) is 15.2. The van der Waals surface area contributed by atoms with E-state index in [1.165, 1.54) is 15.4 Å². The molecule has 0 aromatic heterocycles. The molecule has 2 aliphatic heterocycles. The Hall–Kier alpha value is -4.06. The van der Waals surface area contributed by atoms with Crippen LogP contribution in [-0.2, 0) is 5.41 Å². The second kappa shape index (κ2) is 9.84. The van der Waals surface area contributed by atoms with E-state index in [4.69, 9.17) is 0 Å². The molecule has 6 heteroatoms. The highest BCUT2D eigenvalue weighted by Gasteiger charge is 2.45. The van der Waals surface area contributed by atoms with Crippen LogP contribution in [0.25, 0.3) is 11.1 Å². The molecule has 0 spiro atoms. The van der Waals surface area contributed by atoms with E-state index in [0.29, 0.717) is 51.9 Å². The second-order valence-electron chi connectivity index (χ2n) is 11.4. The van der Waals surface area contributed by atoms with Crippen molar-refractivity contribution in [3.8, 4) is 11.1 Å². The Balaban J connectivity index is 1.46. The third kappa shape index (κ3) is 4.00. The highest BCUT2D eigenvalue weighted by atomic mass is 16.2. The van der Waals surface area contributed by atoms with Crippen molar-refractivity contribution in [2.75, 3.05) is 4.90 Å². The number of imide groups is 2. The van der Waals surface area contributed by atoms with Crippen LogP contribution in [0.4, 0.5) is 5.69 Å². The summed E-state index contributed by atoms with van der Waals surface area (Å²) in [5.74, 6) is -1.29. The van der Waals surface area contributed by atoms with Crippen LogP contribution >= 0.6 is 0 Å². The van der Waals surface area contributed by atoms with Crippen molar-refractivity contribution in [1.82, 2.24) is 4.90 Å². The molecule has 0 fully saturated rings. The van der Waals surface area contributed by atoms with E-state index in [0.717, 1.165) is 12.8 Å². The first-order chi connectivity index (χ1) is 19.0. The molecule has 0 saturated carbocycles. The minimum atomic E-state index is -0.554. The van der Waals surface area contributed by atoms with Gasteiger partial charge in [0, 0.05) is 5.54 Å². The van der Waals surface area contributed by atoms with Crippen LogP contribution in [0.15, 0.2) is 60.7 Å². The third-order valence-corrected chi connectivity index (χ3v) is 9.55. The number of hydrogen-bond acceptors (Lipinski definition) is 4. The lowest BCUT2D eigenvalue weighted by molar-refractivity contribution is 0.0434. The van der Waals surface area contributed by atoms with Gasteiger partial charge < -0.3 is 0 Å². The molecular weight excluding hydrogens is 500 g/mol. The quantitative estimate of drug-likeness (QED) is 0.281. The van der Waals surface area contributed by atoms with Gasteiger partial charge >= 0.3 is 0 Å². The molecule has 40 heavy (non-hydrogen) atoms. The van der Waals surface area contributed by atoms with Gasteiger partial charge in [-0.3, -0.25) is 24.1 Å². The van der Waals surface area contributed by atoms with Crippen molar-refractivity contribution in [1.29, 1.82) is 0 Å². The molecule has 2 heterocycles. The summed E-state index contributed by atoms with van der Waals surface area (Å²) in [4.78, 5) is 55.9. The summed E-state index contributed by atoms with van der Waals surface area (Å²) in [6.45, 7) is 12.4. The average molecular weight is 537 g/mol. The highest BCUT2D eigenvalue weighted by molar-refractivity contribution is 6.34. The van der Waals surface area contributed by atoms with Crippen LogP contribution in [0, 0.1) is 0 Å². The van der Waals surface area contributed by atoms with Gasteiger partial charge in [0.1, 0.15) is 0 Å².